The molecule has 0 fully saturated rings. The Morgan fingerprint density at radius 3 is 2.68 bits per heavy atom. The number of methoxy groups -OCH3 is 1. The van der Waals surface area contributed by atoms with Gasteiger partial charge in [0.25, 0.3) is 0 Å². The highest BCUT2D eigenvalue weighted by atomic mass is 16.7. The van der Waals surface area contributed by atoms with Gasteiger partial charge in [0.1, 0.15) is 0 Å². The van der Waals surface area contributed by atoms with Gasteiger partial charge in [-0.3, -0.25) is 4.79 Å². The van der Waals surface area contributed by atoms with E-state index in [9.17, 15) is 4.79 Å². The minimum absolute atomic E-state index is 0.00664. The predicted octanol–water partition coefficient (Wildman–Crippen LogP) is 3.08. The van der Waals surface area contributed by atoms with Crippen LogP contribution in [0.25, 0.3) is 0 Å². The second kappa shape index (κ2) is 5.61. The van der Waals surface area contributed by atoms with Gasteiger partial charge >= 0.3 is 0 Å². The molecule has 1 aliphatic heterocycles. The van der Waals surface area contributed by atoms with Crippen molar-refractivity contribution in [2.75, 3.05) is 13.7 Å². The topological polar surface area (TPSA) is 44.8 Å². The maximum atomic E-state index is 11.6. The van der Waals surface area contributed by atoms with Gasteiger partial charge in [0, 0.05) is 24.0 Å². The van der Waals surface area contributed by atoms with Gasteiger partial charge in [-0.2, -0.15) is 0 Å². The van der Waals surface area contributed by atoms with Crippen molar-refractivity contribution in [2.24, 2.45) is 0 Å². The molecule has 4 heteroatoms. The maximum absolute atomic E-state index is 11.6. The van der Waals surface area contributed by atoms with Crippen LogP contribution in [0.3, 0.4) is 0 Å². The summed E-state index contributed by atoms with van der Waals surface area (Å²) in [4.78, 5) is 11.6. The average molecular weight is 300 g/mol. The second-order valence-electron chi connectivity index (χ2n) is 5.61. The SMILES string of the molecule is CCOC1CC2(C=CC(=O)C=C2)c2c(C)ccc(OC)c2O1. The molecule has 0 bridgehead atoms. The van der Waals surface area contributed by atoms with Crippen molar-refractivity contribution in [1.82, 2.24) is 0 Å². The summed E-state index contributed by atoms with van der Waals surface area (Å²) < 4.78 is 17.2. The summed E-state index contributed by atoms with van der Waals surface area (Å²) in [5.74, 6) is 1.39. The fourth-order valence-electron chi connectivity index (χ4n) is 3.22. The van der Waals surface area contributed by atoms with Crippen LogP contribution in [0.1, 0.15) is 24.5 Å². The van der Waals surface area contributed by atoms with E-state index < -0.39 is 0 Å². The Morgan fingerprint density at radius 2 is 2.05 bits per heavy atom. The first-order valence-corrected chi connectivity index (χ1v) is 7.48. The summed E-state index contributed by atoms with van der Waals surface area (Å²) in [5.41, 5.74) is 1.76. The van der Waals surface area contributed by atoms with Gasteiger partial charge in [0.2, 0.25) is 6.29 Å². The van der Waals surface area contributed by atoms with E-state index in [1.165, 1.54) is 0 Å². The van der Waals surface area contributed by atoms with Crippen molar-refractivity contribution < 1.29 is 19.0 Å². The first-order chi connectivity index (χ1) is 10.6. The Bertz CT molecular complexity index is 641. The van der Waals surface area contributed by atoms with Crippen LogP contribution < -0.4 is 9.47 Å². The third-order valence-corrected chi connectivity index (χ3v) is 4.21. The fraction of sp³-hybridized carbons (Fsp3) is 0.389. The smallest absolute Gasteiger partial charge is 0.201 e. The number of rotatable bonds is 3. The van der Waals surface area contributed by atoms with Crippen LogP contribution in [0.2, 0.25) is 0 Å². The third-order valence-electron chi connectivity index (χ3n) is 4.21. The molecule has 0 amide bonds. The number of hydrogen-bond donors (Lipinski definition) is 0. The van der Waals surface area contributed by atoms with E-state index in [0.717, 1.165) is 11.1 Å². The van der Waals surface area contributed by atoms with Crippen molar-refractivity contribution in [3.05, 3.63) is 47.6 Å². The van der Waals surface area contributed by atoms with Crippen molar-refractivity contribution in [2.45, 2.75) is 32.0 Å². The highest BCUT2D eigenvalue weighted by molar-refractivity contribution is 6.01. The minimum Gasteiger partial charge on any atom is -0.493 e. The van der Waals surface area contributed by atoms with Crippen LogP contribution in [-0.2, 0) is 14.9 Å². The molecular weight excluding hydrogens is 280 g/mol. The molecule has 116 valence electrons. The number of aryl methyl sites for hydroxylation is 1. The zero-order chi connectivity index (χ0) is 15.7. The first kappa shape index (κ1) is 14.9. The van der Waals surface area contributed by atoms with Gasteiger partial charge in [-0.25, -0.2) is 0 Å². The molecule has 0 radical (unpaired) electrons. The Balaban J connectivity index is 2.18. The number of benzene rings is 1. The largest absolute Gasteiger partial charge is 0.493 e. The lowest BCUT2D eigenvalue weighted by Crippen LogP contribution is -2.39. The number of ether oxygens (including phenoxy) is 3. The molecule has 1 aromatic carbocycles. The minimum atomic E-state index is -0.389. The molecule has 1 unspecified atom stereocenters. The number of carbonyl (C=O) groups is 1. The van der Waals surface area contributed by atoms with Crippen LogP contribution in [0.5, 0.6) is 11.5 Å². The van der Waals surface area contributed by atoms with Gasteiger partial charge in [-0.1, -0.05) is 18.2 Å². The molecule has 22 heavy (non-hydrogen) atoms. The van der Waals surface area contributed by atoms with Crippen LogP contribution in [0, 0.1) is 6.92 Å². The first-order valence-electron chi connectivity index (χ1n) is 7.48. The number of ketones is 1. The summed E-state index contributed by atoms with van der Waals surface area (Å²) in [5, 5.41) is 0. The molecule has 3 rings (SSSR count). The van der Waals surface area contributed by atoms with Gasteiger partial charge < -0.3 is 14.2 Å². The van der Waals surface area contributed by atoms with E-state index in [-0.39, 0.29) is 17.5 Å². The molecule has 1 spiro atoms. The summed E-state index contributed by atoms with van der Waals surface area (Å²) in [6.45, 7) is 4.55. The molecular formula is C18H20O4. The Hall–Kier alpha value is -2.07. The summed E-state index contributed by atoms with van der Waals surface area (Å²) in [6, 6.07) is 3.92. The molecule has 0 saturated heterocycles. The van der Waals surface area contributed by atoms with Crippen LogP contribution >= 0.6 is 0 Å². The van der Waals surface area contributed by atoms with Crippen LogP contribution in [-0.4, -0.2) is 25.8 Å². The van der Waals surface area contributed by atoms with Crippen molar-refractivity contribution in [3.63, 3.8) is 0 Å². The lowest BCUT2D eigenvalue weighted by atomic mass is 9.71. The number of hydrogen-bond acceptors (Lipinski definition) is 4. The Labute approximate surface area is 130 Å². The van der Waals surface area contributed by atoms with E-state index in [0.29, 0.717) is 24.5 Å². The van der Waals surface area contributed by atoms with Crippen molar-refractivity contribution >= 4 is 5.78 Å². The van der Waals surface area contributed by atoms with Crippen LogP contribution in [0.15, 0.2) is 36.4 Å². The summed E-state index contributed by atoms with van der Waals surface area (Å²) in [6.07, 6.45) is 7.43. The standard InChI is InChI=1S/C18H20O4/c1-4-21-15-11-18(9-7-13(19)8-10-18)16-12(2)5-6-14(20-3)17(16)22-15/h5-10,15H,4,11H2,1-3H3. The average Bonchev–Trinajstić information content (AvgIpc) is 2.51. The summed E-state index contributed by atoms with van der Waals surface area (Å²) in [7, 11) is 1.63. The molecule has 4 nitrogen and oxygen atoms in total. The highest BCUT2D eigenvalue weighted by Gasteiger charge is 2.42. The molecule has 1 aliphatic carbocycles. The Morgan fingerprint density at radius 1 is 1.32 bits per heavy atom. The van der Waals surface area contributed by atoms with Gasteiger partial charge in [0.05, 0.1) is 7.11 Å². The summed E-state index contributed by atoms with van der Waals surface area (Å²) >= 11 is 0. The van der Waals surface area contributed by atoms with Gasteiger partial charge in [-0.05, 0) is 37.6 Å². The van der Waals surface area contributed by atoms with E-state index in [1.54, 1.807) is 19.3 Å². The van der Waals surface area contributed by atoms with E-state index in [2.05, 4.69) is 0 Å². The predicted molar refractivity (Wildman–Crippen MR) is 83.4 cm³/mol. The molecule has 1 atom stereocenters. The number of carbonyl (C=O) groups excluding carboxylic acids is 1. The monoisotopic (exact) mass is 300 g/mol. The number of allylic oxidation sites excluding steroid dienone is 4. The third kappa shape index (κ3) is 2.33. The molecule has 0 N–H and O–H groups in total. The second-order valence-corrected chi connectivity index (χ2v) is 5.61. The number of fused-ring (bicyclic) bond motifs is 2. The quantitative estimate of drug-likeness (QED) is 0.860. The van der Waals surface area contributed by atoms with Gasteiger partial charge in [-0.15, -0.1) is 0 Å². The van der Waals surface area contributed by atoms with E-state index in [1.807, 2.05) is 38.1 Å². The fourth-order valence-corrected chi connectivity index (χ4v) is 3.22. The molecule has 1 heterocycles. The molecule has 1 aromatic rings. The normalized spacial score (nSPS) is 21.6. The van der Waals surface area contributed by atoms with E-state index >= 15 is 0 Å². The van der Waals surface area contributed by atoms with Crippen LogP contribution in [0.4, 0.5) is 0 Å². The zero-order valence-electron chi connectivity index (χ0n) is 13.1. The lowest BCUT2D eigenvalue weighted by molar-refractivity contribution is -0.111. The van der Waals surface area contributed by atoms with E-state index in [4.69, 9.17) is 14.2 Å². The highest BCUT2D eigenvalue weighted by Crippen LogP contribution is 2.50. The van der Waals surface area contributed by atoms with Gasteiger partial charge in [0.15, 0.2) is 17.3 Å². The lowest BCUT2D eigenvalue weighted by Gasteiger charge is -2.40. The zero-order valence-corrected chi connectivity index (χ0v) is 13.1. The molecule has 2 aliphatic rings. The molecule has 0 saturated carbocycles. The van der Waals surface area contributed by atoms with Crippen molar-refractivity contribution in [1.29, 1.82) is 0 Å². The maximum Gasteiger partial charge on any atom is 0.201 e. The Kier molecular flexibility index (Phi) is 3.79. The van der Waals surface area contributed by atoms with Crippen molar-refractivity contribution in [3.8, 4) is 11.5 Å². The molecule has 0 aromatic heterocycles.